The molecule has 0 bridgehead atoms. The van der Waals surface area contributed by atoms with Crippen LogP contribution >= 0.6 is 0 Å². The molecule has 0 spiro atoms. The molecule has 1 aliphatic rings. The minimum atomic E-state index is 0.359. The Hall–Kier alpha value is -0.0800. The predicted octanol–water partition coefficient (Wildman–Crippen LogP) is 2.04. The largest absolute Gasteiger partial charge is 0.328 e. The first-order chi connectivity index (χ1) is 6.12. The lowest BCUT2D eigenvalue weighted by Gasteiger charge is -2.25. The van der Waals surface area contributed by atoms with Crippen LogP contribution in [0.1, 0.15) is 52.4 Å². The van der Waals surface area contributed by atoms with Crippen LogP contribution in [-0.2, 0) is 0 Å². The van der Waals surface area contributed by atoms with Crippen molar-refractivity contribution in [1.82, 2.24) is 5.32 Å². The molecule has 13 heavy (non-hydrogen) atoms. The molecule has 0 amide bonds. The lowest BCUT2D eigenvalue weighted by molar-refractivity contribution is 0.358. The third-order valence-electron chi connectivity index (χ3n) is 3.10. The van der Waals surface area contributed by atoms with Crippen LogP contribution in [0.4, 0.5) is 0 Å². The van der Waals surface area contributed by atoms with Crippen LogP contribution < -0.4 is 11.1 Å². The van der Waals surface area contributed by atoms with Crippen LogP contribution in [0.2, 0.25) is 0 Å². The van der Waals surface area contributed by atoms with Gasteiger partial charge in [0.15, 0.2) is 0 Å². The molecule has 0 aromatic rings. The first-order valence-electron chi connectivity index (χ1n) is 5.63. The molecular weight excluding hydrogens is 160 g/mol. The van der Waals surface area contributed by atoms with Crippen molar-refractivity contribution < 1.29 is 0 Å². The molecule has 0 aliphatic heterocycles. The van der Waals surface area contributed by atoms with Gasteiger partial charge in [-0.1, -0.05) is 12.8 Å². The Balaban J connectivity index is 2.04. The van der Waals surface area contributed by atoms with Crippen LogP contribution in [0.5, 0.6) is 0 Å². The van der Waals surface area contributed by atoms with E-state index in [0.29, 0.717) is 11.6 Å². The maximum Gasteiger partial charge on any atom is 0.0153 e. The molecular formula is C11H24N2. The summed E-state index contributed by atoms with van der Waals surface area (Å²) in [5.74, 6) is 0. The van der Waals surface area contributed by atoms with Gasteiger partial charge >= 0.3 is 0 Å². The van der Waals surface area contributed by atoms with E-state index in [1.54, 1.807) is 0 Å². The van der Waals surface area contributed by atoms with Gasteiger partial charge in [0.05, 0.1) is 0 Å². The van der Waals surface area contributed by atoms with Gasteiger partial charge in [-0.25, -0.2) is 0 Å². The van der Waals surface area contributed by atoms with Crippen molar-refractivity contribution >= 4 is 0 Å². The second kappa shape index (κ2) is 4.97. The summed E-state index contributed by atoms with van der Waals surface area (Å²) in [5.41, 5.74) is 6.13. The molecule has 1 atom stereocenters. The fourth-order valence-electron chi connectivity index (χ4n) is 2.15. The summed E-state index contributed by atoms with van der Waals surface area (Å²) in [6, 6.07) is 0.359. The Kier molecular flexibility index (Phi) is 4.20. The molecule has 0 heterocycles. The van der Waals surface area contributed by atoms with Crippen molar-refractivity contribution in [3.05, 3.63) is 0 Å². The van der Waals surface area contributed by atoms with E-state index >= 15 is 0 Å². The van der Waals surface area contributed by atoms with Gasteiger partial charge in [-0.3, -0.25) is 0 Å². The van der Waals surface area contributed by atoms with E-state index in [9.17, 15) is 0 Å². The fraction of sp³-hybridized carbons (Fsp3) is 1.00. The molecule has 2 heteroatoms. The van der Waals surface area contributed by atoms with E-state index in [0.717, 1.165) is 13.0 Å². The molecule has 78 valence electrons. The highest BCUT2D eigenvalue weighted by Crippen LogP contribution is 2.28. The van der Waals surface area contributed by atoms with Crippen LogP contribution in [0.3, 0.4) is 0 Å². The van der Waals surface area contributed by atoms with Gasteiger partial charge in [-0.2, -0.15) is 0 Å². The molecule has 3 N–H and O–H groups in total. The van der Waals surface area contributed by atoms with Crippen molar-refractivity contribution in [2.75, 3.05) is 6.54 Å². The van der Waals surface area contributed by atoms with Crippen molar-refractivity contribution in [2.24, 2.45) is 5.73 Å². The van der Waals surface area contributed by atoms with Gasteiger partial charge in [-0.05, 0) is 46.1 Å². The number of nitrogens with two attached hydrogens (primary N) is 1. The molecule has 2 nitrogen and oxygen atoms in total. The molecule has 1 saturated carbocycles. The monoisotopic (exact) mass is 184 g/mol. The van der Waals surface area contributed by atoms with E-state index in [1.807, 2.05) is 0 Å². The maximum atomic E-state index is 5.69. The van der Waals surface area contributed by atoms with Crippen LogP contribution in [0, 0.1) is 0 Å². The third kappa shape index (κ3) is 4.10. The molecule has 1 rings (SSSR count). The minimum Gasteiger partial charge on any atom is -0.328 e. The number of hydrogen-bond donors (Lipinski definition) is 2. The van der Waals surface area contributed by atoms with Crippen molar-refractivity contribution in [2.45, 2.75) is 64.0 Å². The van der Waals surface area contributed by atoms with E-state index in [-0.39, 0.29) is 0 Å². The van der Waals surface area contributed by atoms with Crippen LogP contribution in [0.25, 0.3) is 0 Å². The zero-order valence-electron chi connectivity index (χ0n) is 9.10. The maximum absolute atomic E-state index is 5.69. The highest BCUT2D eigenvalue weighted by molar-refractivity contribution is 4.87. The van der Waals surface area contributed by atoms with E-state index in [2.05, 4.69) is 19.2 Å². The molecule has 1 fully saturated rings. The molecule has 0 saturated heterocycles. The normalized spacial score (nSPS) is 23.3. The van der Waals surface area contributed by atoms with Gasteiger partial charge in [0.1, 0.15) is 0 Å². The highest BCUT2D eigenvalue weighted by Gasteiger charge is 2.27. The van der Waals surface area contributed by atoms with Crippen LogP contribution in [0.15, 0.2) is 0 Å². The molecule has 0 aromatic carbocycles. The third-order valence-corrected chi connectivity index (χ3v) is 3.10. The van der Waals surface area contributed by atoms with Gasteiger partial charge in [-0.15, -0.1) is 0 Å². The Bertz CT molecular complexity index is 137. The van der Waals surface area contributed by atoms with Crippen LogP contribution in [-0.4, -0.2) is 18.1 Å². The molecule has 1 unspecified atom stereocenters. The lowest BCUT2D eigenvalue weighted by Crippen LogP contribution is -2.40. The summed E-state index contributed by atoms with van der Waals surface area (Å²) in [7, 11) is 0. The summed E-state index contributed by atoms with van der Waals surface area (Å²) >= 11 is 0. The second-order valence-corrected chi connectivity index (χ2v) is 4.81. The number of nitrogens with one attached hydrogen (secondary N) is 1. The Morgan fingerprint density at radius 2 is 2.00 bits per heavy atom. The zero-order valence-corrected chi connectivity index (χ0v) is 9.10. The standard InChI is InChI=1S/C11H24N2/c1-10(12)6-5-9-13-11(2)7-3-4-8-11/h10,13H,3-9,12H2,1-2H3. The van der Waals surface area contributed by atoms with Crippen molar-refractivity contribution in [1.29, 1.82) is 0 Å². The lowest BCUT2D eigenvalue weighted by atomic mass is 10.0. The molecule has 0 radical (unpaired) electrons. The average Bonchev–Trinajstić information content (AvgIpc) is 2.47. The van der Waals surface area contributed by atoms with Crippen molar-refractivity contribution in [3.63, 3.8) is 0 Å². The summed E-state index contributed by atoms with van der Waals surface area (Å²) in [4.78, 5) is 0. The second-order valence-electron chi connectivity index (χ2n) is 4.81. The zero-order chi connectivity index (χ0) is 9.73. The topological polar surface area (TPSA) is 38.0 Å². The van der Waals surface area contributed by atoms with E-state index in [4.69, 9.17) is 5.73 Å². The minimum absolute atomic E-state index is 0.359. The Morgan fingerprint density at radius 3 is 2.54 bits per heavy atom. The van der Waals surface area contributed by atoms with Crippen molar-refractivity contribution in [3.8, 4) is 0 Å². The summed E-state index contributed by atoms with van der Waals surface area (Å²) < 4.78 is 0. The number of hydrogen-bond acceptors (Lipinski definition) is 2. The average molecular weight is 184 g/mol. The Labute approximate surface area is 82.3 Å². The quantitative estimate of drug-likeness (QED) is 0.642. The first-order valence-corrected chi connectivity index (χ1v) is 5.63. The smallest absolute Gasteiger partial charge is 0.0153 e. The van der Waals surface area contributed by atoms with Gasteiger partial charge < -0.3 is 11.1 Å². The predicted molar refractivity (Wildman–Crippen MR) is 57.8 cm³/mol. The highest BCUT2D eigenvalue weighted by atomic mass is 15.0. The van der Waals surface area contributed by atoms with E-state index < -0.39 is 0 Å². The summed E-state index contributed by atoms with van der Waals surface area (Å²) in [6.07, 6.45) is 7.86. The first kappa shape index (κ1) is 11.0. The molecule has 0 aromatic heterocycles. The van der Waals surface area contributed by atoms with Gasteiger partial charge in [0.25, 0.3) is 0 Å². The molecule has 1 aliphatic carbocycles. The Morgan fingerprint density at radius 1 is 1.38 bits per heavy atom. The fourth-order valence-corrected chi connectivity index (χ4v) is 2.15. The summed E-state index contributed by atoms with van der Waals surface area (Å²) in [6.45, 7) is 5.57. The van der Waals surface area contributed by atoms with E-state index in [1.165, 1.54) is 32.1 Å². The number of rotatable bonds is 5. The van der Waals surface area contributed by atoms with Gasteiger partial charge in [0.2, 0.25) is 0 Å². The SMILES string of the molecule is CC(N)CCCNC1(C)CCCC1. The van der Waals surface area contributed by atoms with Gasteiger partial charge in [0, 0.05) is 11.6 Å². The summed E-state index contributed by atoms with van der Waals surface area (Å²) in [5, 5.41) is 3.66.